The first kappa shape index (κ1) is 14.9. The molecule has 0 fully saturated rings. The number of fused-ring (bicyclic) bond motifs is 1. The Morgan fingerprint density at radius 3 is 2.33 bits per heavy atom. The van der Waals surface area contributed by atoms with Crippen molar-refractivity contribution in [1.29, 1.82) is 0 Å². The first-order valence-electron chi connectivity index (χ1n) is 6.15. The van der Waals surface area contributed by atoms with Crippen LogP contribution in [0.15, 0.2) is 39.3 Å². The van der Waals surface area contributed by atoms with Crippen molar-refractivity contribution < 1.29 is 14.3 Å². The minimum atomic E-state index is -0.115. The van der Waals surface area contributed by atoms with Gasteiger partial charge >= 0.3 is 0 Å². The van der Waals surface area contributed by atoms with Crippen molar-refractivity contribution in [2.24, 2.45) is 0 Å². The molecule has 0 aromatic heterocycles. The molecule has 0 N–H and O–H groups in total. The van der Waals surface area contributed by atoms with Crippen LogP contribution in [0.25, 0.3) is 0 Å². The highest BCUT2D eigenvalue weighted by molar-refractivity contribution is 9.10. The number of ketones is 1. The fourth-order valence-electron chi connectivity index (χ4n) is 2.03. The van der Waals surface area contributed by atoms with Gasteiger partial charge in [0.1, 0.15) is 13.2 Å². The maximum atomic E-state index is 12.6. The van der Waals surface area contributed by atoms with Crippen LogP contribution < -0.4 is 9.47 Å². The molecular formula is C15H9Br2ClO3. The highest BCUT2D eigenvalue weighted by Crippen LogP contribution is 2.36. The lowest BCUT2D eigenvalue weighted by Gasteiger charge is -2.19. The Balaban J connectivity index is 2.03. The third kappa shape index (κ3) is 2.96. The van der Waals surface area contributed by atoms with Gasteiger partial charge in [-0.1, -0.05) is 11.6 Å². The summed E-state index contributed by atoms with van der Waals surface area (Å²) in [4.78, 5) is 12.6. The zero-order valence-corrected chi connectivity index (χ0v) is 14.6. The van der Waals surface area contributed by atoms with Gasteiger partial charge in [0.15, 0.2) is 17.3 Å². The van der Waals surface area contributed by atoms with E-state index in [1.807, 2.05) is 0 Å². The van der Waals surface area contributed by atoms with E-state index in [0.717, 1.165) is 0 Å². The fraction of sp³-hybridized carbons (Fsp3) is 0.133. The molecule has 0 saturated heterocycles. The number of carbonyl (C=O) groups is 1. The summed E-state index contributed by atoms with van der Waals surface area (Å²) in [6, 6.07) is 8.54. The molecule has 1 aliphatic heterocycles. The Hall–Kier alpha value is -1.04. The molecule has 2 aromatic carbocycles. The van der Waals surface area contributed by atoms with Gasteiger partial charge in [0.05, 0.1) is 5.02 Å². The Kier molecular flexibility index (Phi) is 4.24. The van der Waals surface area contributed by atoms with Gasteiger partial charge in [-0.2, -0.15) is 0 Å². The second-order valence-electron chi connectivity index (χ2n) is 4.43. The van der Waals surface area contributed by atoms with Gasteiger partial charge < -0.3 is 9.47 Å². The Morgan fingerprint density at radius 2 is 1.67 bits per heavy atom. The monoisotopic (exact) mass is 430 g/mol. The molecule has 0 spiro atoms. The zero-order chi connectivity index (χ0) is 15.0. The summed E-state index contributed by atoms with van der Waals surface area (Å²) in [5, 5.41) is 0.563. The van der Waals surface area contributed by atoms with Crippen LogP contribution >= 0.6 is 43.5 Å². The van der Waals surface area contributed by atoms with Crippen molar-refractivity contribution in [2.75, 3.05) is 13.2 Å². The summed E-state index contributed by atoms with van der Waals surface area (Å²) in [5.74, 6) is 1.11. The van der Waals surface area contributed by atoms with Crippen LogP contribution in [-0.2, 0) is 0 Å². The van der Waals surface area contributed by atoms with Crippen molar-refractivity contribution in [1.82, 2.24) is 0 Å². The minimum absolute atomic E-state index is 0.115. The molecule has 108 valence electrons. The van der Waals surface area contributed by atoms with Crippen molar-refractivity contribution in [3.63, 3.8) is 0 Å². The summed E-state index contributed by atoms with van der Waals surface area (Å²) in [6.07, 6.45) is 0. The van der Waals surface area contributed by atoms with Gasteiger partial charge in [-0.15, -0.1) is 0 Å². The second kappa shape index (κ2) is 5.99. The van der Waals surface area contributed by atoms with Gasteiger partial charge in [-0.25, -0.2) is 0 Å². The summed E-state index contributed by atoms with van der Waals surface area (Å²) in [5.41, 5.74) is 1.07. The van der Waals surface area contributed by atoms with Crippen LogP contribution in [0.1, 0.15) is 15.9 Å². The molecular weight excluding hydrogens is 423 g/mol. The highest BCUT2D eigenvalue weighted by atomic mass is 79.9. The molecule has 1 aliphatic rings. The maximum absolute atomic E-state index is 12.6. The Labute approximate surface area is 143 Å². The van der Waals surface area contributed by atoms with Crippen molar-refractivity contribution in [3.8, 4) is 11.5 Å². The van der Waals surface area contributed by atoms with Crippen LogP contribution in [0.4, 0.5) is 0 Å². The molecule has 0 unspecified atom stereocenters. The highest BCUT2D eigenvalue weighted by Gasteiger charge is 2.20. The SMILES string of the molecule is O=C(c1ccc(Cl)c(Br)c1)c1cc2c(cc1Br)OCCO2. The lowest BCUT2D eigenvalue weighted by atomic mass is 10.0. The topological polar surface area (TPSA) is 35.5 Å². The van der Waals surface area contributed by atoms with Crippen LogP contribution in [0.2, 0.25) is 5.02 Å². The first-order chi connectivity index (χ1) is 10.1. The average Bonchev–Trinajstić information content (AvgIpc) is 2.48. The standard InChI is InChI=1S/C15H9Br2ClO3/c16-10-7-14-13(20-3-4-21-14)6-9(10)15(19)8-1-2-12(18)11(17)5-8/h1-2,5-7H,3-4H2. The number of rotatable bonds is 2. The van der Waals surface area contributed by atoms with Crippen LogP contribution in [0.3, 0.4) is 0 Å². The normalized spacial score (nSPS) is 13.1. The van der Waals surface area contributed by atoms with Crippen molar-refractivity contribution in [2.45, 2.75) is 0 Å². The Morgan fingerprint density at radius 1 is 1.00 bits per heavy atom. The number of hydrogen-bond donors (Lipinski definition) is 0. The predicted molar refractivity (Wildman–Crippen MR) is 87.7 cm³/mol. The number of carbonyl (C=O) groups excluding carboxylic acids is 1. The largest absolute Gasteiger partial charge is 0.486 e. The molecule has 0 radical (unpaired) electrons. The van der Waals surface area contributed by atoms with E-state index in [-0.39, 0.29) is 5.78 Å². The molecule has 21 heavy (non-hydrogen) atoms. The summed E-state index contributed by atoms with van der Waals surface area (Å²) >= 11 is 12.7. The number of halogens is 3. The molecule has 0 bridgehead atoms. The molecule has 0 saturated carbocycles. The summed E-state index contributed by atoms with van der Waals surface area (Å²) in [6.45, 7) is 0.992. The number of hydrogen-bond acceptors (Lipinski definition) is 3. The molecule has 1 heterocycles. The molecule has 3 rings (SSSR count). The van der Waals surface area contributed by atoms with Gasteiger partial charge in [-0.05, 0) is 62.2 Å². The lowest BCUT2D eigenvalue weighted by molar-refractivity contribution is 0.103. The molecule has 6 heteroatoms. The van der Waals surface area contributed by atoms with Gasteiger partial charge in [0.2, 0.25) is 0 Å². The van der Waals surface area contributed by atoms with Crippen molar-refractivity contribution in [3.05, 3.63) is 55.4 Å². The van der Waals surface area contributed by atoms with Gasteiger partial charge in [0, 0.05) is 20.1 Å². The van der Waals surface area contributed by atoms with E-state index < -0.39 is 0 Å². The second-order valence-corrected chi connectivity index (χ2v) is 6.55. The lowest BCUT2D eigenvalue weighted by Crippen LogP contribution is -2.16. The molecule has 0 amide bonds. The Bertz CT molecular complexity index is 731. The van der Waals surface area contributed by atoms with Gasteiger partial charge in [0.25, 0.3) is 0 Å². The fourth-order valence-corrected chi connectivity index (χ4v) is 3.03. The number of benzene rings is 2. The van der Waals surface area contributed by atoms with Crippen molar-refractivity contribution >= 4 is 49.2 Å². The number of ether oxygens (including phenoxy) is 2. The molecule has 2 aromatic rings. The van der Waals surface area contributed by atoms with Crippen LogP contribution in [0.5, 0.6) is 11.5 Å². The van der Waals surface area contributed by atoms with E-state index in [2.05, 4.69) is 31.9 Å². The molecule has 0 aliphatic carbocycles. The summed E-state index contributed by atoms with van der Waals surface area (Å²) in [7, 11) is 0. The summed E-state index contributed by atoms with van der Waals surface area (Å²) < 4.78 is 12.4. The quantitative estimate of drug-likeness (QED) is 0.636. The van der Waals surface area contributed by atoms with E-state index >= 15 is 0 Å². The zero-order valence-electron chi connectivity index (χ0n) is 10.7. The third-order valence-electron chi connectivity index (χ3n) is 3.06. The molecule has 0 atom stereocenters. The van der Waals surface area contributed by atoms with Crippen LogP contribution in [0, 0.1) is 0 Å². The first-order valence-corrected chi connectivity index (χ1v) is 8.11. The average molecular weight is 432 g/mol. The maximum Gasteiger partial charge on any atom is 0.194 e. The van der Waals surface area contributed by atoms with Gasteiger partial charge in [-0.3, -0.25) is 4.79 Å². The smallest absolute Gasteiger partial charge is 0.194 e. The van der Waals surface area contributed by atoms with E-state index in [1.54, 1.807) is 30.3 Å². The van der Waals surface area contributed by atoms with E-state index in [0.29, 0.717) is 49.8 Å². The van der Waals surface area contributed by atoms with Crippen LogP contribution in [-0.4, -0.2) is 19.0 Å². The van der Waals surface area contributed by atoms with E-state index in [9.17, 15) is 4.79 Å². The van der Waals surface area contributed by atoms with E-state index in [1.165, 1.54) is 0 Å². The van der Waals surface area contributed by atoms with E-state index in [4.69, 9.17) is 21.1 Å². The minimum Gasteiger partial charge on any atom is -0.486 e. The predicted octanol–water partition coefficient (Wildman–Crippen LogP) is 4.87. The third-order valence-corrected chi connectivity index (χ3v) is 4.93. The molecule has 3 nitrogen and oxygen atoms in total.